The second kappa shape index (κ2) is 8.83. The molecule has 2 aromatic carbocycles. The molecule has 0 unspecified atom stereocenters. The fourth-order valence-corrected chi connectivity index (χ4v) is 4.32. The molecule has 0 aliphatic carbocycles. The number of carbonyl (C=O) groups is 2. The van der Waals surface area contributed by atoms with Crippen molar-refractivity contribution in [3.05, 3.63) is 59.4 Å². The van der Waals surface area contributed by atoms with Crippen molar-refractivity contribution in [2.75, 3.05) is 51.8 Å². The van der Waals surface area contributed by atoms with Gasteiger partial charge in [0.2, 0.25) is 5.91 Å². The molecule has 2 heterocycles. The van der Waals surface area contributed by atoms with E-state index in [4.69, 9.17) is 9.47 Å². The van der Waals surface area contributed by atoms with E-state index in [0.29, 0.717) is 44.7 Å². The third-order valence-corrected chi connectivity index (χ3v) is 6.01. The fourth-order valence-electron chi connectivity index (χ4n) is 4.32. The molecule has 164 valence electrons. The number of rotatable bonds is 3. The molecular formula is C23H26FN3O4. The Morgan fingerprint density at radius 1 is 0.968 bits per heavy atom. The molecule has 2 amide bonds. The van der Waals surface area contributed by atoms with E-state index in [-0.39, 0.29) is 5.91 Å². The van der Waals surface area contributed by atoms with Crippen LogP contribution in [-0.4, -0.2) is 68.7 Å². The lowest BCUT2D eigenvalue weighted by atomic mass is 9.91. The Kier molecular flexibility index (Phi) is 5.97. The third-order valence-electron chi connectivity index (χ3n) is 6.01. The summed E-state index contributed by atoms with van der Waals surface area (Å²) in [5.41, 5.74) is 2.49. The lowest BCUT2D eigenvalue weighted by Gasteiger charge is -2.41. The molecule has 0 spiro atoms. The molecule has 0 bridgehead atoms. The summed E-state index contributed by atoms with van der Waals surface area (Å²) in [7, 11) is 2.92. The summed E-state index contributed by atoms with van der Waals surface area (Å²) in [4.78, 5) is 31.2. The van der Waals surface area contributed by atoms with Crippen LogP contribution in [0.5, 0.6) is 5.75 Å². The molecule has 1 atom stereocenters. The summed E-state index contributed by atoms with van der Waals surface area (Å²) < 4.78 is 24.1. The molecule has 0 N–H and O–H groups in total. The average Bonchev–Trinajstić information content (AvgIpc) is 2.82. The number of amides is 2. The average molecular weight is 427 g/mol. The molecule has 0 saturated carbocycles. The highest BCUT2D eigenvalue weighted by Crippen LogP contribution is 2.33. The van der Waals surface area contributed by atoms with Crippen molar-refractivity contribution in [3.63, 3.8) is 0 Å². The van der Waals surface area contributed by atoms with Crippen molar-refractivity contribution in [1.29, 1.82) is 0 Å². The molecule has 1 saturated heterocycles. The highest BCUT2D eigenvalue weighted by atomic mass is 19.1. The third kappa shape index (κ3) is 4.15. The van der Waals surface area contributed by atoms with E-state index in [2.05, 4.69) is 4.90 Å². The van der Waals surface area contributed by atoms with E-state index in [1.165, 1.54) is 24.1 Å². The number of halogens is 1. The van der Waals surface area contributed by atoms with Crippen molar-refractivity contribution in [2.45, 2.75) is 12.5 Å². The standard InChI is InChI=1S/C23H26FN3O4/c1-30-19-7-5-18(6-8-19)25-11-13-26(14-12-25)22(28)21-20-15-17(24)4-3-16(20)9-10-27(21)23(29)31-2/h3-8,15,21H,9-14H2,1-2H3/t21-/m0/s1. The molecule has 2 aliphatic heterocycles. The number of fused-ring (bicyclic) bond motifs is 1. The first kappa shape index (κ1) is 21.0. The lowest BCUT2D eigenvalue weighted by Crippen LogP contribution is -2.54. The van der Waals surface area contributed by atoms with Crippen LogP contribution in [0.15, 0.2) is 42.5 Å². The summed E-state index contributed by atoms with van der Waals surface area (Å²) >= 11 is 0. The maximum absolute atomic E-state index is 14.0. The lowest BCUT2D eigenvalue weighted by molar-refractivity contribution is -0.137. The van der Waals surface area contributed by atoms with E-state index in [1.54, 1.807) is 18.1 Å². The van der Waals surface area contributed by atoms with Gasteiger partial charge in [-0.25, -0.2) is 9.18 Å². The smallest absolute Gasteiger partial charge is 0.410 e. The maximum Gasteiger partial charge on any atom is 0.410 e. The Balaban J connectivity index is 1.52. The van der Waals surface area contributed by atoms with Gasteiger partial charge >= 0.3 is 6.09 Å². The molecule has 0 radical (unpaired) electrons. The fraction of sp³-hybridized carbons (Fsp3) is 0.391. The molecule has 2 aromatic rings. The van der Waals surface area contributed by atoms with E-state index >= 15 is 0 Å². The minimum absolute atomic E-state index is 0.202. The van der Waals surface area contributed by atoms with E-state index in [1.807, 2.05) is 24.3 Å². The largest absolute Gasteiger partial charge is 0.497 e. The first-order chi connectivity index (χ1) is 15.0. The monoisotopic (exact) mass is 427 g/mol. The van der Waals surface area contributed by atoms with Gasteiger partial charge in [-0.15, -0.1) is 0 Å². The molecule has 31 heavy (non-hydrogen) atoms. The molecule has 7 nitrogen and oxygen atoms in total. The minimum atomic E-state index is -0.876. The number of carbonyl (C=O) groups excluding carboxylic acids is 2. The van der Waals surface area contributed by atoms with Gasteiger partial charge in [-0.05, 0) is 53.9 Å². The van der Waals surface area contributed by atoms with Gasteiger partial charge in [-0.3, -0.25) is 9.69 Å². The van der Waals surface area contributed by atoms with Crippen molar-refractivity contribution in [2.24, 2.45) is 0 Å². The van der Waals surface area contributed by atoms with Crippen LogP contribution in [0.2, 0.25) is 0 Å². The van der Waals surface area contributed by atoms with Crippen LogP contribution in [0.4, 0.5) is 14.9 Å². The number of nitrogens with zero attached hydrogens (tertiary/aromatic N) is 3. The molecule has 2 aliphatic rings. The van der Waals surface area contributed by atoms with Gasteiger partial charge in [-0.2, -0.15) is 0 Å². The van der Waals surface area contributed by atoms with Gasteiger partial charge in [-0.1, -0.05) is 6.07 Å². The van der Waals surface area contributed by atoms with Crippen LogP contribution in [0.25, 0.3) is 0 Å². The van der Waals surface area contributed by atoms with Gasteiger partial charge < -0.3 is 19.3 Å². The van der Waals surface area contributed by atoms with Crippen LogP contribution in [0.3, 0.4) is 0 Å². The summed E-state index contributed by atoms with van der Waals surface area (Å²) in [5.74, 6) is 0.169. The molecule has 1 fully saturated rings. The Hall–Kier alpha value is -3.29. The summed E-state index contributed by atoms with van der Waals surface area (Å²) in [6.07, 6.45) is -0.0233. The Bertz CT molecular complexity index is 958. The highest BCUT2D eigenvalue weighted by molar-refractivity contribution is 5.88. The maximum atomic E-state index is 14.0. The van der Waals surface area contributed by atoms with Crippen LogP contribution < -0.4 is 9.64 Å². The molecule has 4 rings (SSSR count). The predicted molar refractivity (Wildman–Crippen MR) is 114 cm³/mol. The quantitative estimate of drug-likeness (QED) is 0.754. The van der Waals surface area contributed by atoms with Crippen LogP contribution in [-0.2, 0) is 16.0 Å². The van der Waals surface area contributed by atoms with Gasteiger partial charge in [0, 0.05) is 38.4 Å². The number of anilines is 1. The zero-order valence-corrected chi connectivity index (χ0v) is 17.7. The Labute approximate surface area is 180 Å². The van der Waals surface area contributed by atoms with Crippen molar-refractivity contribution in [1.82, 2.24) is 9.80 Å². The van der Waals surface area contributed by atoms with Gasteiger partial charge in [0.25, 0.3) is 0 Å². The number of benzene rings is 2. The first-order valence-electron chi connectivity index (χ1n) is 10.3. The van der Waals surface area contributed by atoms with E-state index < -0.39 is 18.0 Å². The van der Waals surface area contributed by atoms with Gasteiger partial charge in [0.05, 0.1) is 14.2 Å². The van der Waals surface area contributed by atoms with Gasteiger partial charge in [0.1, 0.15) is 17.6 Å². The van der Waals surface area contributed by atoms with Crippen LogP contribution >= 0.6 is 0 Å². The zero-order chi connectivity index (χ0) is 22.0. The summed E-state index contributed by atoms with van der Waals surface area (Å²) in [6, 6.07) is 11.4. The van der Waals surface area contributed by atoms with Crippen LogP contribution in [0, 0.1) is 5.82 Å². The second-order valence-corrected chi connectivity index (χ2v) is 7.67. The molecule has 0 aromatic heterocycles. The van der Waals surface area contributed by atoms with Crippen molar-refractivity contribution < 1.29 is 23.5 Å². The summed E-state index contributed by atoms with van der Waals surface area (Å²) in [5, 5.41) is 0. The first-order valence-corrected chi connectivity index (χ1v) is 10.3. The van der Waals surface area contributed by atoms with Gasteiger partial charge in [0.15, 0.2) is 0 Å². The Morgan fingerprint density at radius 3 is 2.32 bits per heavy atom. The number of piperazine rings is 1. The Morgan fingerprint density at radius 2 is 1.68 bits per heavy atom. The summed E-state index contributed by atoms with van der Waals surface area (Å²) in [6.45, 7) is 2.72. The molecule has 8 heteroatoms. The SMILES string of the molecule is COC(=O)N1CCc2ccc(F)cc2[C@H]1C(=O)N1CCN(c2ccc(OC)cc2)CC1. The predicted octanol–water partition coefficient (Wildman–Crippen LogP) is 2.85. The van der Waals surface area contributed by atoms with E-state index in [9.17, 15) is 14.0 Å². The normalized spacial score (nSPS) is 18.4. The van der Waals surface area contributed by atoms with Crippen molar-refractivity contribution in [3.8, 4) is 5.75 Å². The number of hydrogen-bond acceptors (Lipinski definition) is 5. The number of methoxy groups -OCH3 is 2. The second-order valence-electron chi connectivity index (χ2n) is 7.67. The topological polar surface area (TPSA) is 62.3 Å². The minimum Gasteiger partial charge on any atom is -0.497 e. The number of hydrogen-bond donors (Lipinski definition) is 0. The van der Waals surface area contributed by atoms with Crippen LogP contribution in [0.1, 0.15) is 17.2 Å². The highest BCUT2D eigenvalue weighted by Gasteiger charge is 2.39. The van der Waals surface area contributed by atoms with Crippen molar-refractivity contribution >= 4 is 17.7 Å². The number of ether oxygens (including phenoxy) is 2. The van der Waals surface area contributed by atoms with E-state index in [0.717, 1.165) is 17.0 Å². The molecular weight excluding hydrogens is 401 g/mol. The zero-order valence-electron chi connectivity index (χ0n) is 17.7.